The molecule has 0 radical (unpaired) electrons. The van der Waals surface area contributed by atoms with Crippen LogP contribution in [0.4, 0.5) is 10.5 Å². The number of primary amides is 1. The summed E-state index contributed by atoms with van der Waals surface area (Å²) in [6, 6.07) is 9.88. The first-order chi connectivity index (χ1) is 18.8. The van der Waals surface area contributed by atoms with Crippen LogP contribution in [-0.4, -0.2) is 53.5 Å². The van der Waals surface area contributed by atoms with Crippen molar-refractivity contribution in [2.24, 2.45) is 5.73 Å². The Morgan fingerprint density at radius 1 is 1.02 bits per heavy atom. The van der Waals surface area contributed by atoms with Crippen molar-refractivity contribution in [2.45, 2.75) is 84.0 Å². The summed E-state index contributed by atoms with van der Waals surface area (Å²) >= 11 is 0. The molecule has 0 spiro atoms. The second-order valence-electron chi connectivity index (χ2n) is 11.2. The molecule has 10 nitrogen and oxygen atoms in total. The van der Waals surface area contributed by atoms with Gasteiger partial charge in [0.1, 0.15) is 23.4 Å². The van der Waals surface area contributed by atoms with E-state index in [-0.39, 0.29) is 6.04 Å². The third kappa shape index (κ3) is 7.97. The number of carbonyl (C=O) groups is 4. The highest BCUT2D eigenvalue weighted by molar-refractivity contribution is 6.00. The fourth-order valence-electron chi connectivity index (χ4n) is 4.47. The number of ether oxygens (including phenoxy) is 2. The number of nitrogens with two attached hydrogens (primary N) is 1. The van der Waals surface area contributed by atoms with E-state index in [1.807, 2.05) is 32.0 Å². The number of benzene rings is 2. The maximum Gasteiger partial charge on any atom is 0.408 e. The lowest BCUT2D eigenvalue weighted by Crippen LogP contribution is -2.57. The van der Waals surface area contributed by atoms with Crippen molar-refractivity contribution in [1.29, 1.82) is 0 Å². The zero-order valence-electron chi connectivity index (χ0n) is 24.1. The highest BCUT2D eigenvalue weighted by atomic mass is 16.6. The first kappa shape index (κ1) is 30.5. The molecule has 1 aliphatic carbocycles. The molecule has 216 valence electrons. The van der Waals surface area contributed by atoms with Crippen LogP contribution in [0, 0.1) is 13.8 Å². The maximum absolute atomic E-state index is 14.2. The van der Waals surface area contributed by atoms with E-state index in [1.165, 1.54) is 4.90 Å². The number of hydrogen-bond acceptors (Lipinski definition) is 6. The van der Waals surface area contributed by atoms with Gasteiger partial charge in [0.25, 0.3) is 5.91 Å². The SMILES string of the molecule is COc1ccc(NC(=O)C(c2ccc(C)c(C)c2)N(C(=O)C(CC(N)=O)NC(=O)OC(C)(C)C)C2CCC2)cc1. The number of hydrogen-bond donors (Lipinski definition) is 3. The van der Waals surface area contributed by atoms with Gasteiger partial charge in [-0.25, -0.2) is 4.79 Å². The molecule has 1 saturated carbocycles. The van der Waals surface area contributed by atoms with Gasteiger partial charge in [0.05, 0.1) is 13.5 Å². The van der Waals surface area contributed by atoms with Gasteiger partial charge in [-0.05, 0) is 94.8 Å². The number of anilines is 1. The molecule has 1 fully saturated rings. The second kappa shape index (κ2) is 12.8. The molecular weight excluding hydrogens is 512 g/mol. The van der Waals surface area contributed by atoms with Gasteiger partial charge < -0.3 is 30.7 Å². The zero-order chi connectivity index (χ0) is 29.6. The third-order valence-electron chi connectivity index (χ3n) is 6.85. The van der Waals surface area contributed by atoms with Crippen LogP contribution in [0.25, 0.3) is 0 Å². The van der Waals surface area contributed by atoms with E-state index < -0.39 is 47.9 Å². The number of nitrogens with zero attached hydrogens (tertiary/aromatic N) is 1. The number of carbonyl (C=O) groups excluding carboxylic acids is 4. The Bertz CT molecular complexity index is 1230. The molecule has 4 N–H and O–H groups in total. The van der Waals surface area contributed by atoms with Gasteiger partial charge in [0.2, 0.25) is 11.8 Å². The van der Waals surface area contributed by atoms with E-state index in [9.17, 15) is 19.2 Å². The van der Waals surface area contributed by atoms with Crippen LogP contribution in [-0.2, 0) is 19.1 Å². The van der Waals surface area contributed by atoms with Gasteiger partial charge in [-0.15, -0.1) is 0 Å². The Hall–Kier alpha value is -4.08. The molecule has 2 aromatic rings. The molecule has 0 heterocycles. The minimum atomic E-state index is -1.31. The number of nitrogens with one attached hydrogen (secondary N) is 2. The van der Waals surface area contributed by atoms with E-state index in [0.717, 1.165) is 17.5 Å². The molecule has 0 saturated heterocycles. The van der Waals surface area contributed by atoms with Crippen molar-refractivity contribution in [1.82, 2.24) is 10.2 Å². The van der Waals surface area contributed by atoms with Gasteiger partial charge in [-0.2, -0.15) is 0 Å². The lowest BCUT2D eigenvalue weighted by atomic mass is 9.87. The average molecular weight is 553 g/mol. The molecule has 3 rings (SSSR count). The summed E-state index contributed by atoms with van der Waals surface area (Å²) in [5.74, 6) is -1.14. The predicted octanol–water partition coefficient (Wildman–Crippen LogP) is 4.14. The summed E-state index contributed by atoms with van der Waals surface area (Å²) < 4.78 is 10.5. The van der Waals surface area contributed by atoms with E-state index in [4.69, 9.17) is 15.2 Å². The fraction of sp³-hybridized carbons (Fsp3) is 0.467. The quantitative estimate of drug-likeness (QED) is 0.405. The van der Waals surface area contributed by atoms with Crippen molar-refractivity contribution >= 4 is 29.5 Å². The lowest BCUT2D eigenvalue weighted by molar-refractivity contribution is -0.146. The summed E-state index contributed by atoms with van der Waals surface area (Å²) in [6.07, 6.45) is 0.943. The topological polar surface area (TPSA) is 140 Å². The van der Waals surface area contributed by atoms with Crippen LogP contribution in [0.3, 0.4) is 0 Å². The highest BCUT2D eigenvalue weighted by Crippen LogP contribution is 2.35. The highest BCUT2D eigenvalue weighted by Gasteiger charge is 2.42. The zero-order valence-corrected chi connectivity index (χ0v) is 24.1. The van der Waals surface area contributed by atoms with Crippen molar-refractivity contribution in [2.75, 3.05) is 12.4 Å². The minimum Gasteiger partial charge on any atom is -0.497 e. The Labute approximate surface area is 235 Å². The molecule has 4 amide bonds. The smallest absolute Gasteiger partial charge is 0.408 e. The van der Waals surface area contributed by atoms with Crippen molar-refractivity contribution in [3.63, 3.8) is 0 Å². The fourth-order valence-corrected chi connectivity index (χ4v) is 4.47. The average Bonchev–Trinajstić information content (AvgIpc) is 2.82. The molecule has 0 bridgehead atoms. The van der Waals surface area contributed by atoms with Crippen LogP contribution in [0.5, 0.6) is 5.75 Å². The molecule has 0 aromatic heterocycles. The van der Waals surface area contributed by atoms with Crippen LogP contribution in [0.15, 0.2) is 42.5 Å². The molecule has 10 heteroatoms. The third-order valence-corrected chi connectivity index (χ3v) is 6.85. The number of amides is 4. The van der Waals surface area contributed by atoms with E-state index in [0.29, 0.717) is 29.8 Å². The molecule has 40 heavy (non-hydrogen) atoms. The molecule has 2 aromatic carbocycles. The summed E-state index contributed by atoms with van der Waals surface area (Å²) in [5, 5.41) is 5.44. The Kier molecular flexibility index (Phi) is 9.78. The lowest BCUT2D eigenvalue weighted by Gasteiger charge is -2.43. The minimum absolute atomic E-state index is 0.267. The summed E-state index contributed by atoms with van der Waals surface area (Å²) in [4.78, 5) is 54.2. The second-order valence-corrected chi connectivity index (χ2v) is 11.2. The van der Waals surface area contributed by atoms with Gasteiger partial charge in [0, 0.05) is 11.7 Å². The number of aryl methyl sites for hydroxylation is 2. The number of alkyl carbamates (subject to hydrolysis) is 1. The Morgan fingerprint density at radius 3 is 2.17 bits per heavy atom. The van der Waals surface area contributed by atoms with Gasteiger partial charge in [0.15, 0.2) is 0 Å². The number of rotatable bonds is 10. The molecule has 2 unspecified atom stereocenters. The van der Waals surface area contributed by atoms with Crippen LogP contribution in [0.1, 0.15) is 69.2 Å². The summed E-state index contributed by atoms with van der Waals surface area (Å²) in [7, 11) is 1.55. The summed E-state index contributed by atoms with van der Waals surface area (Å²) in [5.41, 5.74) is 7.80. The van der Waals surface area contributed by atoms with E-state index in [1.54, 1.807) is 52.1 Å². The van der Waals surface area contributed by atoms with Crippen molar-refractivity contribution in [3.05, 3.63) is 59.2 Å². The first-order valence-electron chi connectivity index (χ1n) is 13.4. The Morgan fingerprint density at radius 2 is 1.68 bits per heavy atom. The number of methoxy groups -OCH3 is 1. The van der Waals surface area contributed by atoms with E-state index >= 15 is 0 Å². The molecule has 2 atom stereocenters. The van der Waals surface area contributed by atoms with Crippen molar-refractivity contribution in [3.8, 4) is 5.75 Å². The molecule has 0 aliphatic heterocycles. The molecule has 1 aliphatic rings. The first-order valence-corrected chi connectivity index (χ1v) is 13.4. The van der Waals surface area contributed by atoms with Crippen LogP contribution >= 0.6 is 0 Å². The van der Waals surface area contributed by atoms with Gasteiger partial charge >= 0.3 is 6.09 Å². The summed E-state index contributed by atoms with van der Waals surface area (Å²) in [6.45, 7) is 8.98. The van der Waals surface area contributed by atoms with Crippen LogP contribution < -0.4 is 21.1 Å². The maximum atomic E-state index is 14.2. The largest absolute Gasteiger partial charge is 0.497 e. The van der Waals surface area contributed by atoms with Crippen molar-refractivity contribution < 1.29 is 28.7 Å². The van der Waals surface area contributed by atoms with Gasteiger partial charge in [-0.3, -0.25) is 14.4 Å². The Balaban J connectivity index is 2.04. The predicted molar refractivity (Wildman–Crippen MR) is 152 cm³/mol. The van der Waals surface area contributed by atoms with Gasteiger partial charge in [-0.1, -0.05) is 18.2 Å². The normalized spacial score (nSPS) is 14.8. The van der Waals surface area contributed by atoms with E-state index in [2.05, 4.69) is 10.6 Å². The van der Waals surface area contributed by atoms with Crippen LogP contribution in [0.2, 0.25) is 0 Å². The monoisotopic (exact) mass is 552 g/mol. The molecular formula is C30H40N4O6. The standard InChI is InChI=1S/C30H40N4O6/c1-18-10-11-20(16-19(18)2)26(27(36)32-21-12-14-23(39-6)15-13-21)34(22-8-7-9-22)28(37)24(17-25(31)35)33-29(38)40-30(3,4)5/h10-16,22,24,26H,7-9,17H2,1-6H3,(H2,31,35)(H,32,36)(H,33,38).